The molecular formula is C23H24N4O3. The van der Waals surface area contributed by atoms with Crippen molar-refractivity contribution >= 4 is 17.5 Å². The number of para-hydroxylation sites is 2. The SMILES string of the molecule is COc1ccccc1N1C(=O)c2cc(C)nn2CC1(C)C(=O)NCc1ccccc1. The quantitative estimate of drug-likeness (QED) is 0.709. The lowest BCUT2D eigenvalue weighted by molar-refractivity contribution is -0.126. The third-order valence-electron chi connectivity index (χ3n) is 5.39. The molecule has 3 aromatic rings. The van der Waals surface area contributed by atoms with Crippen molar-refractivity contribution in [3.05, 3.63) is 77.6 Å². The Morgan fingerprint density at radius 1 is 1.17 bits per heavy atom. The highest BCUT2D eigenvalue weighted by atomic mass is 16.5. The number of methoxy groups -OCH3 is 1. The van der Waals surface area contributed by atoms with Gasteiger partial charge in [-0.25, -0.2) is 0 Å². The van der Waals surface area contributed by atoms with Gasteiger partial charge in [0.2, 0.25) is 5.91 Å². The van der Waals surface area contributed by atoms with Crippen LogP contribution in [0.15, 0.2) is 60.7 Å². The monoisotopic (exact) mass is 404 g/mol. The van der Waals surface area contributed by atoms with Gasteiger partial charge in [0.1, 0.15) is 17.0 Å². The molecule has 1 unspecified atom stereocenters. The van der Waals surface area contributed by atoms with Crippen LogP contribution < -0.4 is 15.0 Å². The van der Waals surface area contributed by atoms with Crippen LogP contribution in [0.1, 0.15) is 28.7 Å². The number of amides is 2. The molecule has 0 saturated heterocycles. The van der Waals surface area contributed by atoms with Crippen molar-refractivity contribution in [2.24, 2.45) is 0 Å². The first kappa shape index (κ1) is 19.7. The van der Waals surface area contributed by atoms with Crippen molar-refractivity contribution in [1.29, 1.82) is 0 Å². The summed E-state index contributed by atoms with van der Waals surface area (Å²) < 4.78 is 7.11. The molecule has 1 aliphatic heterocycles. The van der Waals surface area contributed by atoms with E-state index in [4.69, 9.17) is 4.74 Å². The molecule has 1 atom stereocenters. The minimum absolute atomic E-state index is 0.237. The molecule has 2 heterocycles. The molecule has 1 aliphatic rings. The summed E-state index contributed by atoms with van der Waals surface area (Å²) in [7, 11) is 1.55. The Labute approximate surface area is 175 Å². The zero-order valence-electron chi connectivity index (χ0n) is 17.3. The van der Waals surface area contributed by atoms with E-state index in [2.05, 4.69) is 10.4 Å². The minimum Gasteiger partial charge on any atom is -0.495 e. The smallest absolute Gasteiger partial charge is 0.277 e. The Kier molecular flexibility index (Phi) is 5.03. The van der Waals surface area contributed by atoms with Gasteiger partial charge in [0, 0.05) is 6.54 Å². The third-order valence-corrected chi connectivity index (χ3v) is 5.39. The number of carbonyl (C=O) groups is 2. The van der Waals surface area contributed by atoms with E-state index < -0.39 is 5.54 Å². The fourth-order valence-electron chi connectivity index (χ4n) is 3.87. The van der Waals surface area contributed by atoms with Gasteiger partial charge in [0.05, 0.1) is 25.0 Å². The molecule has 30 heavy (non-hydrogen) atoms. The van der Waals surface area contributed by atoms with Crippen LogP contribution >= 0.6 is 0 Å². The number of hydrogen-bond donors (Lipinski definition) is 1. The van der Waals surface area contributed by atoms with Gasteiger partial charge < -0.3 is 10.1 Å². The summed E-state index contributed by atoms with van der Waals surface area (Å²) in [5.41, 5.74) is 1.52. The van der Waals surface area contributed by atoms with Crippen LogP contribution in [0.4, 0.5) is 5.69 Å². The van der Waals surface area contributed by atoms with Gasteiger partial charge in [-0.1, -0.05) is 42.5 Å². The van der Waals surface area contributed by atoms with Gasteiger partial charge in [-0.2, -0.15) is 5.10 Å². The highest BCUT2D eigenvalue weighted by Gasteiger charge is 2.49. The van der Waals surface area contributed by atoms with E-state index in [0.717, 1.165) is 11.3 Å². The largest absolute Gasteiger partial charge is 0.495 e. The lowest BCUT2D eigenvalue weighted by Crippen LogP contribution is -2.64. The lowest BCUT2D eigenvalue weighted by Gasteiger charge is -2.43. The van der Waals surface area contributed by atoms with Crippen LogP contribution in [0.3, 0.4) is 0 Å². The highest BCUT2D eigenvalue weighted by Crippen LogP contribution is 2.37. The Bertz CT molecular complexity index is 1090. The number of fused-ring (bicyclic) bond motifs is 1. The normalized spacial score (nSPS) is 18.1. The van der Waals surface area contributed by atoms with E-state index in [0.29, 0.717) is 23.7 Å². The summed E-state index contributed by atoms with van der Waals surface area (Å²) in [6, 6.07) is 18.6. The number of hydrogen-bond acceptors (Lipinski definition) is 4. The van der Waals surface area contributed by atoms with Crippen LogP contribution in [0.5, 0.6) is 5.75 Å². The zero-order valence-corrected chi connectivity index (χ0v) is 17.3. The highest BCUT2D eigenvalue weighted by molar-refractivity contribution is 6.12. The maximum atomic E-state index is 13.5. The molecule has 154 valence electrons. The number of aromatic nitrogens is 2. The summed E-state index contributed by atoms with van der Waals surface area (Å²) in [5.74, 6) is -0.0225. The van der Waals surface area contributed by atoms with Crippen LogP contribution in [-0.2, 0) is 17.9 Å². The van der Waals surface area contributed by atoms with Crippen molar-refractivity contribution in [1.82, 2.24) is 15.1 Å². The van der Waals surface area contributed by atoms with Gasteiger partial charge in [0.15, 0.2) is 0 Å². The summed E-state index contributed by atoms with van der Waals surface area (Å²) in [6.07, 6.45) is 0. The van der Waals surface area contributed by atoms with Gasteiger partial charge in [0.25, 0.3) is 5.91 Å². The standard InChI is InChI=1S/C23H24N4O3/c1-16-13-19-21(28)27(18-11-7-8-12-20(18)30-3)23(2,15-26(19)25-16)22(29)24-14-17-9-5-4-6-10-17/h4-13H,14-15H2,1-3H3,(H,24,29). The van der Waals surface area contributed by atoms with Gasteiger partial charge in [-0.3, -0.25) is 19.2 Å². The Balaban J connectivity index is 1.75. The van der Waals surface area contributed by atoms with Crippen molar-refractivity contribution in [3.63, 3.8) is 0 Å². The first-order valence-electron chi connectivity index (χ1n) is 9.78. The van der Waals surface area contributed by atoms with Gasteiger partial charge in [-0.15, -0.1) is 0 Å². The lowest BCUT2D eigenvalue weighted by atomic mass is 9.93. The van der Waals surface area contributed by atoms with Crippen molar-refractivity contribution in [2.75, 3.05) is 12.0 Å². The molecule has 1 N–H and O–H groups in total. The van der Waals surface area contributed by atoms with Crippen LogP contribution in [-0.4, -0.2) is 34.2 Å². The fourth-order valence-corrected chi connectivity index (χ4v) is 3.87. The average molecular weight is 404 g/mol. The fraction of sp³-hybridized carbons (Fsp3) is 0.261. The molecule has 2 aromatic carbocycles. The third kappa shape index (κ3) is 3.32. The predicted octanol–water partition coefficient (Wildman–Crippen LogP) is 2.94. The molecule has 0 fully saturated rings. The predicted molar refractivity (Wildman–Crippen MR) is 113 cm³/mol. The molecule has 7 heteroatoms. The molecule has 4 rings (SSSR count). The summed E-state index contributed by atoms with van der Waals surface area (Å²) in [5, 5.41) is 7.42. The molecule has 2 amide bonds. The summed E-state index contributed by atoms with van der Waals surface area (Å²) in [6.45, 7) is 4.20. The molecule has 0 spiro atoms. The van der Waals surface area contributed by atoms with Crippen LogP contribution in [0.25, 0.3) is 0 Å². The number of benzene rings is 2. The topological polar surface area (TPSA) is 76.5 Å². The first-order chi connectivity index (χ1) is 14.4. The van der Waals surface area contributed by atoms with Crippen molar-refractivity contribution in [2.45, 2.75) is 32.5 Å². The van der Waals surface area contributed by atoms with Gasteiger partial charge in [-0.05, 0) is 37.6 Å². The van der Waals surface area contributed by atoms with Crippen molar-refractivity contribution in [3.8, 4) is 5.75 Å². The second kappa shape index (κ2) is 7.67. The number of nitrogens with one attached hydrogen (secondary N) is 1. The number of nitrogens with zero attached hydrogens (tertiary/aromatic N) is 3. The first-order valence-corrected chi connectivity index (χ1v) is 9.78. The van der Waals surface area contributed by atoms with Crippen molar-refractivity contribution < 1.29 is 14.3 Å². The molecule has 0 saturated carbocycles. The zero-order chi connectivity index (χ0) is 21.3. The molecule has 1 aromatic heterocycles. The Morgan fingerprint density at radius 3 is 2.60 bits per heavy atom. The van der Waals surface area contributed by atoms with Crippen LogP contribution in [0, 0.1) is 6.92 Å². The second-order valence-electron chi connectivity index (χ2n) is 7.58. The average Bonchev–Trinajstić information content (AvgIpc) is 3.13. The molecular weight excluding hydrogens is 380 g/mol. The minimum atomic E-state index is -1.19. The summed E-state index contributed by atoms with van der Waals surface area (Å²) >= 11 is 0. The van der Waals surface area contributed by atoms with Crippen LogP contribution in [0.2, 0.25) is 0 Å². The molecule has 7 nitrogen and oxygen atoms in total. The maximum absolute atomic E-state index is 13.5. The number of ether oxygens (including phenoxy) is 1. The van der Waals surface area contributed by atoms with E-state index in [1.54, 1.807) is 36.9 Å². The van der Waals surface area contributed by atoms with E-state index in [1.165, 1.54) is 4.90 Å². The Hall–Kier alpha value is -3.61. The summed E-state index contributed by atoms with van der Waals surface area (Å²) in [4.78, 5) is 28.5. The number of anilines is 1. The molecule has 0 radical (unpaired) electrons. The molecule has 0 bridgehead atoms. The maximum Gasteiger partial charge on any atom is 0.277 e. The van der Waals surface area contributed by atoms with E-state index in [9.17, 15) is 9.59 Å². The van der Waals surface area contributed by atoms with E-state index >= 15 is 0 Å². The molecule has 0 aliphatic carbocycles. The second-order valence-corrected chi connectivity index (χ2v) is 7.58. The number of rotatable bonds is 5. The van der Waals surface area contributed by atoms with E-state index in [-0.39, 0.29) is 18.4 Å². The Morgan fingerprint density at radius 2 is 1.87 bits per heavy atom. The number of carbonyl (C=O) groups excluding carboxylic acids is 2. The van der Waals surface area contributed by atoms with E-state index in [1.807, 2.05) is 49.4 Å². The number of aryl methyl sites for hydroxylation is 1. The van der Waals surface area contributed by atoms with Gasteiger partial charge >= 0.3 is 0 Å².